The summed E-state index contributed by atoms with van der Waals surface area (Å²) in [7, 11) is 0. The molecule has 0 saturated carbocycles. The van der Waals surface area contributed by atoms with Crippen LogP contribution in [-0.4, -0.2) is 42.5 Å². The van der Waals surface area contributed by atoms with Gasteiger partial charge in [0.1, 0.15) is 11.6 Å². The van der Waals surface area contributed by atoms with Gasteiger partial charge >= 0.3 is 6.03 Å². The monoisotopic (exact) mass is 317 g/mol. The van der Waals surface area contributed by atoms with Crippen LogP contribution >= 0.6 is 0 Å². The number of nitrogens with zero attached hydrogens (tertiary/aromatic N) is 3. The molecule has 1 aliphatic rings. The normalized spacial score (nSPS) is 14.6. The molecule has 2 aromatic rings. The Kier molecular flexibility index (Phi) is 4.72. The van der Waals surface area contributed by atoms with E-state index in [1.165, 1.54) is 0 Å². The Morgan fingerprint density at radius 2 is 2.22 bits per heavy atom. The summed E-state index contributed by atoms with van der Waals surface area (Å²) in [5, 5.41) is 9.15. The second kappa shape index (κ2) is 7.10. The minimum Gasteiger partial charge on any atom is -0.378 e. The third-order valence-electron chi connectivity index (χ3n) is 3.49. The van der Waals surface area contributed by atoms with Gasteiger partial charge < -0.3 is 19.5 Å². The van der Waals surface area contributed by atoms with Crippen molar-refractivity contribution in [2.24, 2.45) is 0 Å². The van der Waals surface area contributed by atoms with E-state index in [-0.39, 0.29) is 6.03 Å². The number of pyridine rings is 1. The van der Waals surface area contributed by atoms with Gasteiger partial charge in [0.2, 0.25) is 0 Å². The molecule has 23 heavy (non-hydrogen) atoms. The minimum atomic E-state index is -0.338. The van der Waals surface area contributed by atoms with Gasteiger partial charge in [-0.15, -0.1) is 0 Å². The molecule has 2 aromatic heterocycles. The van der Waals surface area contributed by atoms with Gasteiger partial charge in [-0.2, -0.15) is 0 Å². The zero-order chi connectivity index (χ0) is 16.1. The predicted molar refractivity (Wildman–Crippen MR) is 84.4 cm³/mol. The van der Waals surface area contributed by atoms with Crippen molar-refractivity contribution in [3.63, 3.8) is 0 Å². The van der Waals surface area contributed by atoms with Gasteiger partial charge in [0.25, 0.3) is 0 Å². The number of aryl methyl sites for hydroxylation is 1. The van der Waals surface area contributed by atoms with E-state index in [9.17, 15) is 4.79 Å². The van der Waals surface area contributed by atoms with Gasteiger partial charge in [0, 0.05) is 37.5 Å². The number of aromatic nitrogens is 2. The van der Waals surface area contributed by atoms with Gasteiger partial charge in [-0.05, 0) is 13.0 Å². The molecule has 0 unspecified atom stereocenters. The molecule has 0 spiro atoms. The summed E-state index contributed by atoms with van der Waals surface area (Å²) in [6, 6.07) is 5.14. The lowest BCUT2D eigenvalue weighted by Gasteiger charge is -2.29. The van der Waals surface area contributed by atoms with Gasteiger partial charge in [-0.25, -0.2) is 9.78 Å². The molecule has 1 aliphatic heterocycles. The average Bonchev–Trinajstić information content (AvgIpc) is 2.99. The molecule has 2 amide bonds. The number of rotatable bonds is 4. The Hall–Kier alpha value is -2.61. The van der Waals surface area contributed by atoms with Crippen LogP contribution in [0.4, 0.5) is 16.4 Å². The highest BCUT2D eigenvalue weighted by atomic mass is 16.5. The number of urea groups is 1. The van der Waals surface area contributed by atoms with Crippen LogP contribution in [0, 0.1) is 6.92 Å². The summed E-state index contributed by atoms with van der Waals surface area (Å²) >= 11 is 0. The van der Waals surface area contributed by atoms with E-state index < -0.39 is 0 Å². The Morgan fingerprint density at radius 3 is 2.96 bits per heavy atom. The maximum atomic E-state index is 11.9. The number of hydrogen-bond acceptors (Lipinski definition) is 6. The lowest BCUT2D eigenvalue weighted by Crippen LogP contribution is -2.38. The summed E-state index contributed by atoms with van der Waals surface area (Å²) in [6.45, 7) is 5.12. The number of ether oxygens (including phenoxy) is 1. The van der Waals surface area contributed by atoms with Crippen LogP contribution in [0.1, 0.15) is 11.3 Å². The molecular weight excluding hydrogens is 298 g/mol. The minimum absolute atomic E-state index is 0.338. The van der Waals surface area contributed by atoms with Gasteiger partial charge in [-0.3, -0.25) is 5.32 Å². The molecule has 0 radical (unpaired) electrons. The highest BCUT2D eigenvalue weighted by molar-refractivity contribution is 5.88. The van der Waals surface area contributed by atoms with Gasteiger partial charge in [0.15, 0.2) is 5.82 Å². The van der Waals surface area contributed by atoms with Crippen molar-refractivity contribution in [1.29, 1.82) is 0 Å². The van der Waals surface area contributed by atoms with Crippen LogP contribution in [0.15, 0.2) is 28.9 Å². The van der Waals surface area contributed by atoms with E-state index in [2.05, 4.69) is 25.7 Å². The maximum Gasteiger partial charge on any atom is 0.320 e. The van der Waals surface area contributed by atoms with Crippen LogP contribution in [0.5, 0.6) is 0 Å². The standard InChI is InChI=1S/C15H19N5O3/c1-11-9-13(19-23-11)18-15(21)17-10-12-3-2-4-16-14(12)20-5-7-22-8-6-20/h2-4,9H,5-8,10H2,1H3,(H2,17,18,19,21). The summed E-state index contributed by atoms with van der Waals surface area (Å²) in [5.41, 5.74) is 0.959. The molecule has 8 nitrogen and oxygen atoms in total. The van der Waals surface area contributed by atoms with E-state index in [1.54, 1.807) is 19.2 Å². The van der Waals surface area contributed by atoms with E-state index in [4.69, 9.17) is 9.26 Å². The molecular formula is C15H19N5O3. The predicted octanol–water partition coefficient (Wildman–Crippen LogP) is 1.54. The average molecular weight is 317 g/mol. The molecule has 122 valence electrons. The first-order valence-corrected chi connectivity index (χ1v) is 7.47. The number of hydrogen-bond donors (Lipinski definition) is 2. The van der Waals surface area contributed by atoms with Crippen molar-refractivity contribution >= 4 is 17.7 Å². The van der Waals surface area contributed by atoms with Crippen LogP contribution < -0.4 is 15.5 Å². The second-order valence-electron chi connectivity index (χ2n) is 5.22. The first-order valence-electron chi connectivity index (χ1n) is 7.47. The van der Waals surface area contributed by atoms with E-state index >= 15 is 0 Å². The van der Waals surface area contributed by atoms with Crippen LogP contribution in [0.25, 0.3) is 0 Å². The fourth-order valence-electron chi connectivity index (χ4n) is 2.39. The zero-order valence-electron chi connectivity index (χ0n) is 12.9. The summed E-state index contributed by atoms with van der Waals surface area (Å²) in [4.78, 5) is 18.5. The molecule has 0 aliphatic carbocycles. The topological polar surface area (TPSA) is 92.5 Å². The third-order valence-corrected chi connectivity index (χ3v) is 3.49. The molecule has 0 bridgehead atoms. The fourth-order valence-corrected chi connectivity index (χ4v) is 2.39. The van der Waals surface area contributed by atoms with Gasteiger partial charge in [0.05, 0.1) is 13.2 Å². The summed E-state index contributed by atoms with van der Waals surface area (Å²) < 4.78 is 10.3. The van der Waals surface area contributed by atoms with Crippen LogP contribution in [0.2, 0.25) is 0 Å². The Balaban J connectivity index is 1.60. The summed E-state index contributed by atoms with van der Waals surface area (Å²) in [6.07, 6.45) is 1.76. The number of carbonyl (C=O) groups is 1. The van der Waals surface area contributed by atoms with E-state index in [1.807, 2.05) is 12.1 Å². The molecule has 2 N–H and O–H groups in total. The highest BCUT2D eigenvalue weighted by Gasteiger charge is 2.16. The Morgan fingerprint density at radius 1 is 1.39 bits per heavy atom. The molecule has 0 aromatic carbocycles. The van der Waals surface area contributed by atoms with Crippen molar-refractivity contribution in [2.75, 3.05) is 36.5 Å². The fraction of sp³-hybridized carbons (Fsp3) is 0.400. The number of carbonyl (C=O) groups excluding carboxylic acids is 1. The Labute approximate surface area is 133 Å². The zero-order valence-corrected chi connectivity index (χ0v) is 12.9. The molecule has 0 atom stereocenters. The van der Waals surface area contributed by atoms with Crippen LogP contribution in [0.3, 0.4) is 0 Å². The SMILES string of the molecule is Cc1cc(NC(=O)NCc2cccnc2N2CCOCC2)no1. The molecule has 3 rings (SSSR count). The third kappa shape index (κ3) is 3.98. The molecule has 1 saturated heterocycles. The Bertz CT molecular complexity index is 667. The van der Waals surface area contributed by atoms with E-state index in [0.29, 0.717) is 31.3 Å². The van der Waals surface area contributed by atoms with Crippen molar-refractivity contribution in [2.45, 2.75) is 13.5 Å². The number of nitrogens with one attached hydrogen (secondary N) is 2. The smallest absolute Gasteiger partial charge is 0.320 e. The van der Waals surface area contributed by atoms with Crippen LogP contribution in [-0.2, 0) is 11.3 Å². The summed E-state index contributed by atoms with van der Waals surface area (Å²) in [5.74, 6) is 1.91. The lowest BCUT2D eigenvalue weighted by molar-refractivity contribution is 0.122. The number of morpholine rings is 1. The first-order chi connectivity index (χ1) is 11.2. The van der Waals surface area contributed by atoms with Crippen molar-refractivity contribution in [3.05, 3.63) is 35.7 Å². The molecule has 1 fully saturated rings. The van der Waals surface area contributed by atoms with Gasteiger partial charge in [-0.1, -0.05) is 11.2 Å². The first kappa shape index (κ1) is 15.3. The van der Waals surface area contributed by atoms with Crippen molar-refractivity contribution in [1.82, 2.24) is 15.5 Å². The quantitative estimate of drug-likeness (QED) is 0.888. The van der Waals surface area contributed by atoms with Crippen molar-refractivity contribution in [3.8, 4) is 0 Å². The largest absolute Gasteiger partial charge is 0.378 e. The molecule has 3 heterocycles. The highest BCUT2D eigenvalue weighted by Crippen LogP contribution is 2.18. The maximum absolute atomic E-state index is 11.9. The van der Waals surface area contributed by atoms with E-state index in [0.717, 1.165) is 24.5 Å². The number of amides is 2. The number of anilines is 2. The lowest BCUT2D eigenvalue weighted by atomic mass is 10.2. The molecule has 8 heteroatoms. The van der Waals surface area contributed by atoms with Crippen molar-refractivity contribution < 1.29 is 14.1 Å². The second-order valence-corrected chi connectivity index (χ2v) is 5.22.